The molecule has 24 heavy (non-hydrogen) atoms. The standard InChI is InChI=1S/C14H5Cl4NO4S/c15-9-7-8(10(16)12(18)11(9)17)14(21)19(13(7)20)5-1-3-6(4-2-5)24(22)23/h1-4,24H. The highest BCUT2D eigenvalue weighted by Gasteiger charge is 2.42. The average molecular weight is 425 g/mol. The van der Waals surface area contributed by atoms with E-state index in [0.717, 1.165) is 4.90 Å². The van der Waals surface area contributed by atoms with Crippen LogP contribution in [0.25, 0.3) is 0 Å². The van der Waals surface area contributed by atoms with E-state index in [1.165, 1.54) is 24.3 Å². The fourth-order valence-corrected chi connectivity index (χ4v) is 3.71. The van der Waals surface area contributed by atoms with E-state index >= 15 is 0 Å². The van der Waals surface area contributed by atoms with Crippen LogP contribution in [-0.4, -0.2) is 20.2 Å². The van der Waals surface area contributed by atoms with Crippen molar-refractivity contribution in [1.29, 1.82) is 0 Å². The van der Waals surface area contributed by atoms with Gasteiger partial charge in [0.15, 0.2) is 10.7 Å². The second kappa shape index (κ2) is 6.20. The van der Waals surface area contributed by atoms with Gasteiger partial charge in [-0.05, 0) is 24.3 Å². The zero-order valence-electron chi connectivity index (χ0n) is 11.3. The van der Waals surface area contributed by atoms with Crippen molar-refractivity contribution < 1.29 is 18.0 Å². The molecule has 0 atom stereocenters. The molecule has 1 heterocycles. The molecule has 2 amide bonds. The molecule has 0 aliphatic carbocycles. The highest BCUT2D eigenvalue weighted by molar-refractivity contribution is 7.72. The van der Waals surface area contributed by atoms with Gasteiger partial charge < -0.3 is 0 Å². The highest BCUT2D eigenvalue weighted by Crippen LogP contribution is 2.45. The van der Waals surface area contributed by atoms with E-state index in [1.54, 1.807) is 0 Å². The Hall–Kier alpha value is -1.31. The minimum atomic E-state index is -2.77. The average Bonchev–Trinajstić information content (AvgIpc) is 2.82. The van der Waals surface area contributed by atoms with Crippen LogP contribution in [0.5, 0.6) is 0 Å². The first-order chi connectivity index (χ1) is 11.3. The number of hydrogen-bond acceptors (Lipinski definition) is 4. The molecule has 0 radical (unpaired) electrons. The summed E-state index contributed by atoms with van der Waals surface area (Å²) >= 11 is 23.9. The van der Waals surface area contributed by atoms with E-state index in [-0.39, 0.29) is 41.8 Å². The van der Waals surface area contributed by atoms with Crippen molar-refractivity contribution in [3.8, 4) is 0 Å². The molecule has 2 aromatic rings. The lowest BCUT2D eigenvalue weighted by Gasteiger charge is -2.13. The van der Waals surface area contributed by atoms with Crippen molar-refractivity contribution in [3.05, 3.63) is 55.5 Å². The maximum Gasteiger partial charge on any atom is 0.267 e. The van der Waals surface area contributed by atoms with Crippen LogP contribution in [0, 0.1) is 0 Å². The van der Waals surface area contributed by atoms with Crippen LogP contribution in [0.15, 0.2) is 29.2 Å². The van der Waals surface area contributed by atoms with Crippen LogP contribution < -0.4 is 4.90 Å². The molecule has 1 aliphatic heterocycles. The summed E-state index contributed by atoms with van der Waals surface area (Å²) in [6.45, 7) is 0. The molecule has 124 valence electrons. The van der Waals surface area contributed by atoms with Crippen LogP contribution in [-0.2, 0) is 10.7 Å². The second-order valence-corrected chi connectivity index (χ2v) is 7.27. The van der Waals surface area contributed by atoms with E-state index in [2.05, 4.69) is 0 Å². The molecule has 5 nitrogen and oxygen atoms in total. The third kappa shape index (κ3) is 2.50. The molecular weight excluding hydrogens is 420 g/mol. The summed E-state index contributed by atoms with van der Waals surface area (Å²) in [6, 6.07) is 5.20. The number of hydrogen-bond donors (Lipinski definition) is 1. The van der Waals surface area contributed by atoms with Crippen LogP contribution >= 0.6 is 46.4 Å². The number of rotatable bonds is 2. The van der Waals surface area contributed by atoms with Crippen molar-refractivity contribution in [2.24, 2.45) is 0 Å². The zero-order valence-corrected chi connectivity index (χ0v) is 15.3. The molecule has 2 aromatic carbocycles. The summed E-state index contributed by atoms with van der Waals surface area (Å²) in [7, 11) is -2.77. The molecule has 0 N–H and O–H groups in total. The van der Waals surface area contributed by atoms with E-state index in [4.69, 9.17) is 46.4 Å². The van der Waals surface area contributed by atoms with Gasteiger partial charge in [0.2, 0.25) is 0 Å². The number of carbonyl (C=O) groups is 2. The van der Waals surface area contributed by atoms with Gasteiger partial charge in [0, 0.05) is 0 Å². The molecule has 0 aromatic heterocycles. The predicted octanol–water partition coefficient (Wildman–Crippen LogP) is 4.07. The number of benzene rings is 2. The first kappa shape index (κ1) is 17.5. The first-order valence-electron chi connectivity index (χ1n) is 6.25. The van der Waals surface area contributed by atoms with Crippen LogP contribution in [0.1, 0.15) is 20.7 Å². The lowest BCUT2D eigenvalue weighted by molar-refractivity contribution is 0.0926. The third-order valence-electron chi connectivity index (χ3n) is 3.42. The molecule has 1 aliphatic rings. The van der Waals surface area contributed by atoms with Crippen LogP contribution in [0.2, 0.25) is 20.1 Å². The number of amides is 2. The first-order valence-corrected chi connectivity index (χ1v) is 8.93. The van der Waals surface area contributed by atoms with E-state index in [0.29, 0.717) is 0 Å². The maximum absolute atomic E-state index is 12.6. The highest BCUT2D eigenvalue weighted by atomic mass is 35.5. The molecule has 0 saturated heterocycles. The minimum Gasteiger partial charge on any atom is -0.268 e. The Labute approximate surface area is 157 Å². The minimum absolute atomic E-state index is 0.0486. The number of thiol groups is 1. The summed E-state index contributed by atoms with van der Waals surface area (Å²) in [5.41, 5.74) is -0.110. The van der Waals surface area contributed by atoms with Crippen LogP contribution in [0.4, 0.5) is 5.69 Å². The molecule has 0 spiro atoms. The van der Waals surface area contributed by atoms with Gasteiger partial charge >= 0.3 is 0 Å². The quantitative estimate of drug-likeness (QED) is 0.341. The Bertz CT molecular complexity index is 931. The third-order valence-corrected chi connectivity index (χ3v) is 5.94. The number of carbonyl (C=O) groups excluding carboxylic acids is 2. The van der Waals surface area contributed by atoms with Crippen molar-refractivity contribution in [2.75, 3.05) is 4.90 Å². The lowest BCUT2D eigenvalue weighted by Crippen LogP contribution is -2.29. The number of imide groups is 1. The zero-order chi connectivity index (χ0) is 17.8. The number of anilines is 1. The molecule has 0 bridgehead atoms. The molecule has 0 unspecified atom stereocenters. The largest absolute Gasteiger partial charge is 0.268 e. The molecule has 0 saturated carbocycles. The topological polar surface area (TPSA) is 71.5 Å². The summed E-state index contributed by atoms with van der Waals surface area (Å²) in [4.78, 5) is 26.1. The monoisotopic (exact) mass is 423 g/mol. The predicted molar refractivity (Wildman–Crippen MR) is 92.6 cm³/mol. The van der Waals surface area contributed by atoms with E-state index in [9.17, 15) is 18.0 Å². The smallest absolute Gasteiger partial charge is 0.267 e. The van der Waals surface area contributed by atoms with Crippen LogP contribution in [0.3, 0.4) is 0 Å². The van der Waals surface area contributed by atoms with E-state index in [1.807, 2.05) is 0 Å². The summed E-state index contributed by atoms with van der Waals surface area (Å²) in [5.74, 6) is -1.44. The fraction of sp³-hybridized carbons (Fsp3) is 0. The normalized spacial score (nSPS) is 13.8. The van der Waals surface area contributed by atoms with Crippen molar-refractivity contribution in [1.82, 2.24) is 0 Å². The van der Waals surface area contributed by atoms with Gasteiger partial charge in [0.1, 0.15) is 0 Å². The Balaban J connectivity index is 2.17. The Morgan fingerprint density at radius 3 is 1.50 bits per heavy atom. The molecule has 3 rings (SSSR count). The summed E-state index contributed by atoms with van der Waals surface area (Å²) in [6.07, 6.45) is 0. The number of fused-ring (bicyclic) bond motifs is 1. The number of halogens is 4. The fourth-order valence-electron chi connectivity index (χ4n) is 2.31. The summed E-state index contributed by atoms with van der Waals surface area (Å²) in [5, 5.41) is -0.574. The Kier molecular flexibility index (Phi) is 4.53. The van der Waals surface area contributed by atoms with Gasteiger partial charge in [-0.2, -0.15) is 0 Å². The van der Waals surface area contributed by atoms with Gasteiger partial charge in [-0.15, -0.1) is 0 Å². The van der Waals surface area contributed by atoms with Crippen molar-refractivity contribution >= 4 is 74.6 Å². The van der Waals surface area contributed by atoms with Gasteiger partial charge in [0.25, 0.3) is 11.8 Å². The lowest BCUT2D eigenvalue weighted by atomic mass is 10.1. The SMILES string of the molecule is O=C1c2c(Cl)c(Cl)c(Cl)c(Cl)c2C(=O)N1c1ccc([SH](=O)=O)cc1. The molecular formula is C14H5Cl4NO4S. The van der Waals surface area contributed by atoms with Crippen molar-refractivity contribution in [2.45, 2.75) is 4.90 Å². The van der Waals surface area contributed by atoms with Gasteiger partial charge in [-0.3, -0.25) is 9.59 Å². The van der Waals surface area contributed by atoms with Gasteiger partial charge in [0.05, 0.1) is 41.8 Å². The molecule has 10 heteroatoms. The Morgan fingerprint density at radius 1 is 0.708 bits per heavy atom. The van der Waals surface area contributed by atoms with E-state index < -0.39 is 22.5 Å². The van der Waals surface area contributed by atoms with Crippen molar-refractivity contribution in [3.63, 3.8) is 0 Å². The number of nitrogens with zero attached hydrogens (tertiary/aromatic N) is 1. The maximum atomic E-state index is 12.6. The summed E-state index contributed by atoms with van der Waals surface area (Å²) < 4.78 is 21.9. The van der Waals surface area contributed by atoms with Gasteiger partial charge in [-0.1, -0.05) is 46.4 Å². The second-order valence-electron chi connectivity index (χ2n) is 4.73. The molecule has 0 fully saturated rings. The van der Waals surface area contributed by atoms with Gasteiger partial charge in [-0.25, -0.2) is 13.3 Å². The Morgan fingerprint density at radius 2 is 1.12 bits per heavy atom.